The van der Waals surface area contributed by atoms with Crippen LogP contribution < -0.4 is 0 Å². The van der Waals surface area contributed by atoms with Gasteiger partial charge in [0, 0.05) is 29.7 Å². The molecule has 0 bridgehead atoms. The van der Waals surface area contributed by atoms with Crippen LogP contribution in [0.1, 0.15) is 31.2 Å². The summed E-state index contributed by atoms with van der Waals surface area (Å²) in [5, 5.41) is 0. The van der Waals surface area contributed by atoms with Crippen molar-refractivity contribution in [3.63, 3.8) is 0 Å². The second-order valence-corrected chi connectivity index (χ2v) is 6.18. The quantitative estimate of drug-likeness (QED) is 0.850. The predicted octanol–water partition coefficient (Wildman–Crippen LogP) is 4.69. The molecule has 0 aliphatic heterocycles. The fraction of sp³-hybridized carbons (Fsp3) is 0.500. The smallest absolute Gasteiger partial charge is 0.248 e. The zero-order valence-electron chi connectivity index (χ0n) is 10.4. The summed E-state index contributed by atoms with van der Waals surface area (Å²) in [6.45, 7) is 0. The molecule has 0 radical (unpaired) electrons. The number of halogens is 3. The van der Waals surface area contributed by atoms with E-state index in [1.807, 2.05) is 12.3 Å². The van der Waals surface area contributed by atoms with E-state index in [1.54, 1.807) is 6.20 Å². The molecule has 1 saturated carbocycles. The molecule has 0 amide bonds. The number of hydrogen-bond donors (Lipinski definition) is 1. The van der Waals surface area contributed by atoms with Gasteiger partial charge in [0.1, 0.15) is 0 Å². The Hall–Kier alpha value is -0.970. The summed E-state index contributed by atoms with van der Waals surface area (Å²) in [5.74, 6) is -2.11. The Kier molecular flexibility index (Phi) is 3.33. The van der Waals surface area contributed by atoms with E-state index in [9.17, 15) is 8.78 Å². The van der Waals surface area contributed by atoms with Crippen molar-refractivity contribution in [2.24, 2.45) is 5.92 Å². The van der Waals surface area contributed by atoms with Crippen molar-refractivity contribution in [2.75, 3.05) is 0 Å². The summed E-state index contributed by atoms with van der Waals surface area (Å²) in [4.78, 5) is 7.51. The van der Waals surface area contributed by atoms with E-state index in [4.69, 9.17) is 0 Å². The third-order valence-corrected chi connectivity index (χ3v) is 4.64. The third kappa shape index (κ3) is 2.66. The van der Waals surface area contributed by atoms with E-state index in [0.29, 0.717) is 18.8 Å². The van der Waals surface area contributed by atoms with Crippen molar-refractivity contribution < 1.29 is 8.78 Å². The molecule has 1 fully saturated rings. The van der Waals surface area contributed by atoms with Crippen molar-refractivity contribution in [2.45, 2.75) is 38.0 Å². The SMILES string of the molecule is FC1(F)CCC(Cc2c(Br)cnc3cc[nH]c23)CC1. The van der Waals surface area contributed by atoms with Crippen LogP contribution in [0.5, 0.6) is 0 Å². The van der Waals surface area contributed by atoms with E-state index in [2.05, 4.69) is 25.9 Å². The molecule has 2 aromatic rings. The molecule has 1 aliphatic rings. The van der Waals surface area contributed by atoms with Crippen LogP contribution in [-0.2, 0) is 6.42 Å². The molecule has 0 unspecified atom stereocenters. The first-order chi connectivity index (χ1) is 9.05. The maximum Gasteiger partial charge on any atom is 0.248 e. The molecule has 1 N–H and O–H groups in total. The van der Waals surface area contributed by atoms with Gasteiger partial charge in [0.25, 0.3) is 0 Å². The Labute approximate surface area is 118 Å². The molecule has 0 saturated heterocycles. The molecule has 0 spiro atoms. The number of fused-ring (bicyclic) bond motifs is 1. The van der Waals surface area contributed by atoms with E-state index < -0.39 is 5.92 Å². The Balaban J connectivity index is 1.82. The van der Waals surface area contributed by atoms with Gasteiger partial charge in [0.2, 0.25) is 5.92 Å². The van der Waals surface area contributed by atoms with E-state index in [0.717, 1.165) is 27.5 Å². The number of pyridine rings is 1. The highest BCUT2D eigenvalue weighted by Gasteiger charge is 2.35. The number of nitrogens with zero attached hydrogens (tertiary/aromatic N) is 1. The van der Waals surface area contributed by atoms with Gasteiger partial charge in [-0.1, -0.05) is 0 Å². The number of aromatic nitrogens is 2. The fourth-order valence-electron chi connectivity index (χ4n) is 2.83. The van der Waals surface area contributed by atoms with Crippen LogP contribution in [0.15, 0.2) is 22.9 Å². The molecule has 19 heavy (non-hydrogen) atoms. The van der Waals surface area contributed by atoms with E-state index in [1.165, 1.54) is 0 Å². The average Bonchev–Trinajstić information content (AvgIpc) is 2.83. The van der Waals surface area contributed by atoms with Crippen LogP contribution in [0.25, 0.3) is 11.0 Å². The maximum absolute atomic E-state index is 13.2. The topological polar surface area (TPSA) is 28.7 Å². The van der Waals surface area contributed by atoms with Crippen LogP contribution in [0.2, 0.25) is 0 Å². The molecule has 2 aromatic heterocycles. The van der Waals surface area contributed by atoms with Gasteiger partial charge in [-0.05, 0) is 52.7 Å². The van der Waals surface area contributed by atoms with Crippen LogP contribution in [0, 0.1) is 5.92 Å². The highest BCUT2D eigenvalue weighted by molar-refractivity contribution is 9.10. The van der Waals surface area contributed by atoms with Crippen LogP contribution in [-0.4, -0.2) is 15.9 Å². The highest BCUT2D eigenvalue weighted by Crippen LogP contribution is 2.38. The van der Waals surface area contributed by atoms with Gasteiger partial charge in [0.05, 0.1) is 11.0 Å². The van der Waals surface area contributed by atoms with Gasteiger partial charge < -0.3 is 4.98 Å². The van der Waals surface area contributed by atoms with Crippen LogP contribution in [0.3, 0.4) is 0 Å². The summed E-state index contributed by atoms with van der Waals surface area (Å²) in [5.41, 5.74) is 3.11. The fourth-order valence-corrected chi connectivity index (χ4v) is 3.29. The molecule has 2 nitrogen and oxygen atoms in total. The number of aromatic amines is 1. The van der Waals surface area contributed by atoms with Crippen molar-refractivity contribution in [1.29, 1.82) is 0 Å². The second-order valence-electron chi connectivity index (χ2n) is 5.33. The lowest BCUT2D eigenvalue weighted by molar-refractivity contribution is -0.0456. The number of nitrogens with one attached hydrogen (secondary N) is 1. The Morgan fingerprint density at radius 1 is 1.37 bits per heavy atom. The number of hydrogen-bond acceptors (Lipinski definition) is 1. The minimum Gasteiger partial charge on any atom is -0.360 e. The first-order valence-electron chi connectivity index (χ1n) is 6.53. The molecule has 3 rings (SSSR count). The summed E-state index contributed by atoms with van der Waals surface area (Å²) in [6.07, 6.45) is 5.73. The van der Waals surface area contributed by atoms with Crippen molar-refractivity contribution >= 4 is 27.0 Å². The molecule has 2 heterocycles. The first-order valence-corrected chi connectivity index (χ1v) is 7.33. The zero-order valence-corrected chi connectivity index (χ0v) is 12.0. The van der Waals surface area contributed by atoms with E-state index in [-0.39, 0.29) is 12.8 Å². The Morgan fingerprint density at radius 2 is 2.11 bits per heavy atom. The monoisotopic (exact) mass is 328 g/mol. The summed E-state index contributed by atoms with van der Waals surface area (Å²) < 4.78 is 27.3. The zero-order chi connectivity index (χ0) is 13.5. The van der Waals surface area contributed by atoms with Crippen molar-refractivity contribution in [1.82, 2.24) is 9.97 Å². The van der Waals surface area contributed by atoms with Crippen molar-refractivity contribution in [3.8, 4) is 0 Å². The van der Waals surface area contributed by atoms with Crippen LogP contribution >= 0.6 is 15.9 Å². The molecular formula is C14H15BrF2N2. The van der Waals surface area contributed by atoms with Gasteiger partial charge in [-0.25, -0.2) is 8.78 Å². The minimum absolute atomic E-state index is 0.0221. The number of alkyl halides is 2. The molecular weight excluding hydrogens is 314 g/mol. The molecule has 5 heteroatoms. The third-order valence-electron chi connectivity index (χ3n) is 3.96. The molecule has 0 atom stereocenters. The Morgan fingerprint density at radius 3 is 2.84 bits per heavy atom. The van der Waals surface area contributed by atoms with Gasteiger partial charge in [-0.3, -0.25) is 4.98 Å². The summed E-state index contributed by atoms with van der Waals surface area (Å²) in [7, 11) is 0. The largest absolute Gasteiger partial charge is 0.360 e. The van der Waals surface area contributed by atoms with Gasteiger partial charge >= 0.3 is 0 Å². The number of rotatable bonds is 2. The highest BCUT2D eigenvalue weighted by atomic mass is 79.9. The predicted molar refractivity (Wildman–Crippen MR) is 74.4 cm³/mol. The molecule has 102 valence electrons. The second kappa shape index (κ2) is 4.85. The number of H-pyrrole nitrogens is 1. The van der Waals surface area contributed by atoms with E-state index >= 15 is 0 Å². The lowest BCUT2D eigenvalue weighted by atomic mass is 9.83. The average molecular weight is 329 g/mol. The standard InChI is InChI=1S/C14H15BrF2N2/c15-11-8-19-12-3-6-18-13(12)10(11)7-9-1-4-14(16,17)5-2-9/h3,6,8-9,18H,1-2,4-5,7H2. The first kappa shape index (κ1) is 13.0. The van der Waals surface area contributed by atoms with Crippen molar-refractivity contribution in [3.05, 3.63) is 28.5 Å². The molecule has 0 aromatic carbocycles. The minimum atomic E-state index is -2.45. The maximum atomic E-state index is 13.2. The molecule has 1 aliphatic carbocycles. The summed E-state index contributed by atoms with van der Waals surface area (Å²) >= 11 is 3.52. The normalized spacial score (nSPS) is 19.9. The Bertz CT molecular complexity index is 584. The van der Waals surface area contributed by atoms with Gasteiger partial charge in [0.15, 0.2) is 0 Å². The van der Waals surface area contributed by atoms with Crippen LogP contribution in [0.4, 0.5) is 8.78 Å². The lowest BCUT2D eigenvalue weighted by Gasteiger charge is -2.28. The lowest BCUT2D eigenvalue weighted by Crippen LogP contribution is -2.25. The van der Waals surface area contributed by atoms with Gasteiger partial charge in [-0.15, -0.1) is 0 Å². The van der Waals surface area contributed by atoms with Gasteiger partial charge in [-0.2, -0.15) is 0 Å². The summed E-state index contributed by atoms with van der Waals surface area (Å²) in [6, 6.07) is 1.93.